The van der Waals surface area contributed by atoms with Gasteiger partial charge in [-0.15, -0.1) is 11.3 Å². The minimum Gasteiger partial charge on any atom is -0.496 e. The molecule has 1 saturated carbocycles. The molecule has 5 rings (SSSR count). The average molecular weight is 437 g/mol. The first kappa shape index (κ1) is 20.2. The first-order valence-corrected chi connectivity index (χ1v) is 11.6. The van der Waals surface area contributed by atoms with Gasteiger partial charge in [0.2, 0.25) is 5.91 Å². The molecule has 0 spiro atoms. The Morgan fingerprint density at radius 1 is 1.23 bits per heavy atom. The molecule has 0 radical (unpaired) electrons. The fourth-order valence-electron chi connectivity index (χ4n) is 4.66. The highest BCUT2D eigenvalue weighted by Gasteiger charge is 2.53. The Kier molecular flexibility index (Phi) is 5.26. The maximum atomic E-state index is 13.8. The number of methoxy groups -OCH3 is 1. The lowest BCUT2D eigenvalue weighted by atomic mass is 9.91. The summed E-state index contributed by atoms with van der Waals surface area (Å²) >= 11 is 1.65. The summed E-state index contributed by atoms with van der Waals surface area (Å²) in [5, 5.41) is 3.14. The number of benzene rings is 2. The first-order valence-electron chi connectivity index (χ1n) is 10.7. The Bertz CT molecular complexity index is 1110. The van der Waals surface area contributed by atoms with Crippen LogP contribution in [-0.2, 0) is 10.2 Å². The summed E-state index contributed by atoms with van der Waals surface area (Å²) in [5.41, 5.74) is 2.18. The largest absolute Gasteiger partial charge is 0.496 e. The molecule has 0 bridgehead atoms. The Morgan fingerprint density at radius 3 is 2.84 bits per heavy atom. The van der Waals surface area contributed by atoms with Crippen LogP contribution in [0.4, 0.5) is 4.39 Å². The molecule has 2 heterocycles. The monoisotopic (exact) mass is 436 g/mol. The molecule has 1 atom stereocenters. The van der Waals surface area contributed by atoms with Gasteiger partial charge in [0.15, 0.2) is 0 Å². The van der Waals surface area contributed by atoms with Crippen molar-refractivity contribution in [2.24, 2.45) is 0 Å². The van der Waals surface area contributed by atoms with Gasteiger partial charge in [0.25, 0.3) is 0 Å². The van der Waals surface area contributed by atoms with Gasteiger partial charge >= 0.3 is 0 Å². The molecule has 31 heavy (non-hydrogen) atoms. The lowest BCUT2D eigenvalue weighted by Crippen LogP contribution is -2.44. The van der Waals surface area contributed by atoms with Crippen molar-refractivity contribution in [1.29, 1.82) is 0 Å². The van der Waals surface area contributed by atoms with E-state index in [1.807, 2.05) is 35.2 Å². The van der Waals surface area contributed by atoms with Gasteiger partial charge in [0.1, 0.15) is 11.6 Å². The maximum Gasteiger partial charge on any atom is 0.233 e. The molecule has 4 nitrogen and oxygen atoms in total. The first-order chi connectivity index (χ1) is 15.1. The molecule has 3 aromatic rings. The van der Waals surface area contributed by atoms with Crippen LogP contribution in [0.3, 0.4) is 0 Å². The third kappa shape index (κ3) is 3.74. The molecule has 1 aromatic heterocycles. The van der Waals surface area contributed by atoms with Crippen molar-refractivity contribution in [3.8, 4) is 17.0 Å². The van der Waals surface area contributed by atoms with Gasteiger partial charge < -0.3 is 9.64 Å². The van der Waals surface area contributed by atoms with E-state index in [1.54, 1.807) is 24.5 Å². The zero-order chi connectivity index (χ0) is 21.4. The van der Waals surface area contributed by atoms with Crippen LogP contribution in [0.2, 0.25) is 0 Å². The highest BCUT2D eigenvalue weighted by Crippen LogP contribution is 2.50. The van der Waals surface area contributed by atoms with Crippen molar-refractivity contribution in [3.63, 3.8) is 0 Å². The van der Waals surface area contributed by atoms with E-state index in [1.165, 1.54) is 12.1 Å². The summed E-state index contributed by atoms with van der Waals surface area (Å²) in [4.78, 5) is 20.3. The zero-order valence-corrected chi connectivity index (χ0v) is 18.3. The number of halogens is 1. The minimum atomic E-state index is -0.532. The van der Waals surface area contributed by atoms with Gasteiger partial charge in [0, 0.05) is 30.0 Å². The van der Waals surface area contributed by atoms with Gasteiger partial charge in [-0.1, -0.05) is 24.3 Å². The summed E-state index contributed by atoms with van der Waals surface area (Å²) in [7, 11) is 1.67. The number of rotatable bonds is 5. The van der Waals surface area contributed by atoms with Gasteiger partial charge in [0.05, 0.1) is 23.2 Å². The summed E-state index contributed by atoms with van der Waals surface area (Å²) < 4.78 is 19.3. The second-order valence-corrected chi connectivity index (χ2v) is 9.34. The number of para-hydroxylation sites is 1. The number of ether oxygens (including phenoxy) is 1. The van der Waals surface area contributed by atoms with Gasteiger partial charge in [-0.2, -0.15) is 0 Å². The number of thiazole rings is 1. The van der Waals surface area contributed by atoms with Gasteiger partial charge in [-0.3, -0.25) is 4.79 Å². The van der Waals surface area contributed by atoms with Crippen LogP contribution in [0.1, 0.15) is 42.2 Å². The van der Waals surface area contributed by atoms with Crippen molar-refractivity contribution >= 4 is 17.2 Å². The number of piperidine rings is 1. The molecule has 0 unspecified atom stereocenters. The number of nitrogens with zero attached hydrogens (tertiary/aromatic N) is 2. The minimum absolute atomic E-state index is 0.143. The van der Waals surface area contributed by atoms with E-state index in [0.29, 0.717) is 6.54 Å². The highest BCUT2D eigenvalue weighted by molar-refractivity contribution is 7.10. The lowest BCUT2D eigenvalue weighted by Gasteiger charge is -2.34. The van der Waals surface area contributed by atoms with Crippen molar-refractivity contribution in [2.75, 3.05) is 20.2 Å². The van der Waals surface area contributed by atoms with Crippen LogP contribution in [0, 0.1) is 5.82 Å². The summed E-state index contributed by atoms with van der Waals surface area (Å²) in [6, 6.07) is 14.4. The molecule has 2 aliphatic rings. The van der Waals surface area contributed by atoms with Crippen molar-refractivity contribution in [2.45, 2.75) is 37.0 Å². The normalized spacial score (nSPS) is 19.8. The van der Waals surface area contributed by atoms with Crippen LogP contribution in [0.5, 0.6) is 5.75 Å². The number of likely N-dealkylation sites (tertiary alicyclic amines) is 1. The van der Waals surface area contributed by atoms with Crippen molar-refractivity contribution < 1.29 is 13.9 Å². The number of hydrogen-bond donors (Lipinski definition) is 0. The van der Waals surface area contributed by atoms with Gasteiger partial charge in [-0.25, -0.2) is 9.37 Å². The number of carbonyl (C=O) groups excluding carboxylic acids is 1. The molecule has 160 valence electrons. The van der Waals surface area contributed by atoms with Crippen LogP contribution in [0.25, 0.3) is 11.3 Å². The van der Waals surface area contributed by atoms with Crippen LogP contribution < -0.4 is 4.74 Å². The molecule has 1 aliphatic carbocycles. The third-order valence-electron chi connectivity index (χ3n) is 6.50. The molecule has 2 fully saturated rings. The fourth-order valence-corrected chi connectivity index (χ4v) is 5.61. The summed E-state index contributed by atoms with van der Waals surface area (Å²) in [6.07, 6.45) is 3.58. The number of amides is 1. The Labute approximate surface area is 185 Å². The predicted molar refractivity (Wildman–Crippen MR) is 120 cm³/mol. The van der Waals surface area contributed by atoms with E-state index in [2.05, 4.69) is 5.38 Å². The predicted octanol–water partition coefficient (Wildman–Crippen LogP) is 5.40. The SMILES string of the molecule is COc1ccccc1-c1csc([C@@H]2CCCN(C(=O)C3(c4cccc(F)c4)CC3)C2)n1. The van der Waals surface area contributed by atoms with E-state index < -0.39 is 5.41 Å². The molecule has 2 aromatic carbocycles. The van der Waals surface area contributed by atoms with Gasteiger partial charge in [-0.05, 0) is 55.5 Å². The Balaban J connectivity index is 1.34. The molecule has 1 amide bonds. The van der Waals surface area contributed by atoms with Crippen LogP contribution in [-0.4, -0.2) is 36.0 Å². The quantitative estimate of drug-likeness (QED) is 0.538. The maximum absolute atomic E-state index is 13.8. The second kappa shape index (κ2) is 8.08. The molecular formula is C25H25FN2O2S. The highest BCUT2D eigenvalue weighted by atomic mass is 32.1. The summed E-state index contributed by atoms with van der Waals surface area (Å²) in [5.74, 6) is 0.907. The second-order valence-electron chi connectivity index (χ2n) is 8.45. The molecule has 0 N–H and O–H groups in total. The molecule has 1 aliphatic heterocycles. The number of carbonyl (C=O) groups is 1. The Morgan fingerprint density at radius 2 is 2.06 bits per heavy atom. The van der Waals surface area contributed by atoms with E-state index in [-0.39, 0.29) is 17.6 Å². The van der Waals surface area contributed by atoms with E-state index in [0.717, 1.165) is 59.8 Å². The third-order valence-corrected chi connectivity index (χ3v) is 7.51. The van der Waals surface area contributed by atoms with E-state index in [4.69, 9.17) is 9.72 Å². The topological polar surface area (TPSA) is 42.4 Å². The smallest absolute Gasteiger partial charge is 0.233 e. The molecular weight excluding hydrogens is 411 g/mol. The van der Waals surface area contributed by atoms with E-state index in [9.17, 15) is 9.18 Å². The van der Waals surface area contributed by atoms with Crippen LogP contribution in [0.15, 0.2) is 53.9 Å². The molecule has 6 heteroatoms. The lowest BCUT2D eigenvalue weighted by molar-refractivity contribution is -0.135. The average Bonchev–Trinajstić information content (AvgIpc) is 3.48. The summed E-state index contributed by atoms with van der Waals surface area (Å²) in [6.45, 7) is 1.44. The van der Waals surface area contributed by atoms with Crippen molar-refractivity contribution in [3.05, 3.63) is 70.3 Å². The number of hydrogen-bond acceptors (Lipinski definition) is 4. The van der Waals surface area contributed by atoms with Crippen molar-refractivity contribution in [1.82, 2.24) is 9.88 Å². The van der Waals surface area contributed by atoms with E-state index >= 15 is 0 Å². The molecule has 1 saturated heterocycles. The van der Waals surface area contributed by atoms with Crippen LogP contribution >= 0.6 is 11.3 Å². The zero-order valence-electron chi connectivity index (χ0n) is 17.5. The fraction of sp³-hybridized carbons (Fsp3) is 0.360. The Hall–Kier alpha value is -2.73. The number of aromatic nitrogens is 1. The standard InChI is InChI=1S/C25H25FN2O2S/c1-30-22-10-3-2-9-20(22)21-16-31-23(27-21)17-6-5-13-28(15-17)24(29)25(11-12-25)18-7-4-8-19(26)14-18/h2-4,7-10,14,16-17H,5-6,11-13,15H2,1H3/t17-/m1/s1.